The maximum atomic E-state index is 13.3. The van der Waals surface area contributed by atoms with Gasteiger partial charge in [-0.25, -0.2) is 4.79 Å². The molecule has 12 heteroatoms. The van der Waals surface area contributed by atoms with Crippen molar-refractivity contribution in [2.75, 3.05) is 0 Å². The van der Waals surface area contributed by atoms with Crippen molar-refractivity contribution in [1.29, 1.82) is 0 Å². The highest BCUT2D eigenvalue weighted by atomic mass is 16.7. The first-order valence-electron chi connectivity index (χ1n) is 13.5. The smallest absolute Gasteiger partial charge is 0.342 e. The predicted octanol–water partition coefficient (Wildman–Crippen LogP) is 1.29. The molecule has 2 saturated carbocycles. The number of aliphatic hydroxyl groups excluding tert-OH is 1. The van der Waals surface area contributed by atoms with Crippen molar-refractivity contribution in [3.8, 4) is 0 Å². The maximum Gasteiger partial charge on any atom is 0.342 e. The highest BCUT2D eigenvalue weighted by Gasteiger charge is 3.04. The van der Waals surface area contributed by atoms with Gasteiger partial charge in [-0.2, -0.15) is 0 Å². The zero-order valence-corrected chi connectivity index (χ0v) is 23.9. The van der Waals surface area contributed by atoms with E-state index in [2.05, 4.69) is 0 Å². The van der Waals surface area contributed by atoms with Gasteiger partial charge < -0.3 is 33.5 Å². The van der Waals surface area contributed by atoms with Crippen molar-refractivity contribution in [1.82, 2.24) is 0 Å². The van der Waals surface area contributed by atoms with E-state index in [0.29, 0.717) is 5.57 Å². The van der Waals surface area contributed by atoms with Crippen LogP contribution in [0.1, 0.15) is 68.2 Å². The first kappa shape index (κ1) is 28.5. The summed E-state index contributed by atoms with van der Waals surface area (Å²) < 4.78 is 36.4. The number of hydrogen-bond donors (Lipinski definition) is 1. The maximum absolute atomic E-state index is 13.3. The van der Waals surface area contributed by atoms with Gasteiger partial charge in [0.25, 0.3) is 0 Å². The summed E-state index contributed by atoms with van der Waals surface area (Å²) in [7, 11) is 0. The molecule has 5 rings (SSSR count). The van der Waals surface area contributed by atoms with E-state index < -0.39 is 93.9 Å². The number of hydrogen-bond acceptors (Lipinski definition) is 12. The standard InChI is InChI=1S/C28H36O12/c1-12-9-20(36-15(4)30)26(38-16(5)31)24(7)19(35-14(3)29)11-18(33)13(2)22(24)28(26,39-17(6)32)27-21(10-12)37-23(34)25(27,8)40-27/h10,13,18-22,33H,9,11H2,1-8H3/b12-10-/t13-,18-,19-,20-,21-,22-,24-,25+,26?,27+,28+/m0/s1. The third-order valence-corrected chi connectivity index (χ3v) is 9.92. The van der Waals surface area contributed by atoms with Crippen LogP contribution in [0.2, 0.25) is 0 Å². The van der Waals surface area contributed by atoms with Gasteiger partial charge in [-0.15, -0.1) is 0 Å². The Morgan fingerprint density at radius 2 is 1.48 bits per heavy atom. The van der Waals surface area contributed by atoms with Crippen LogP contribution in [0, 0.1) is 17.3 Å². The molecule has 0 aromatic rings. The van der Waals surface area contributed by atoms with Crippen LogP contribution in [0.25, 0.3) is 0 Å². The lowest BCUT2D eigenvalue weighted by Crippen LogP contribution is -2.96. The summed E-state index contributed by atoms with van der Waals surface area (Å²) in [5.74, 6) is -5.21. The van der Waals surface area contributed by atoms with Crippen LogP contribution in [0.4, 0.5) is 0 Å². The minimum atomic E-state index is -2.04. The normalized spacial score (nSPS) is 49.4. The number of carbonyl (C=O) groups is 5. The average Bonchev–Trinajstić information content (AvgIpc) is 3.40. The average molecular weight is 565 g/mol. The van der Waals surface area contributed by atoms with Gasteiger partial charge in [-0.1, -0.05) is 19.4 Å². The van der Waals surface area contributed by atoms with Crippen LogP contribution >= 0.6 is 0 Å². The Bertz CT molecular complexity index is 1240. The van der Waals surface area contributed by atoms with Gasteiger partial charge in [-0.05, 0) is 25.8 Å². The zero-order chi connectivity index (χ0) is 29.8. The number of rotatable bonds is 4. The quantitative estimate of drug-likeness (QED) is 0.226. The monoisotopic (exact) mass is 564 g/mol. The Hall–Kier alpha value is -2.99. The van der Waals surface area contributed by atoms with Crippen molar-refractivity contribution in [3.63, 3.8) is 0 Å². The number of fused-ring (bicyclic) bond motifs is 4. The van der Waals surface area contributed by atoms with E-state index in [1.807, 2.05) is 0 Å². The highest BCUT2D eigenvalue weighted by Crippen LogP contribution is 2.82. The Morgan fingerprint density at radius 3 is 2.00 bits per heavy atom. The summed E-state index contributed by atoms with van der Waals surface area (Å²) in [6, 6.07) is 0. The predicted molar refractivity (Wildman–Crippen MR) is 132 cm³/mol. The molecular formula is C28H36O12. The van der Waals surface area contributed by atoms with Gasteiger partial charge in [0.1, 0.15) is 12.2 Å². The van der Waals surface area contributed by atoms with E-state index in [0.717, 1.165) is 6.92 Å². The fourth-order valence-electron chi connectivity index (χ4n) is 8.86. The third kappa shape index (κ3) is 3.06. The van der Waals surface area contributed by atoms with Crippen molar-refractivity contribution >= 4 is 29.8 Å². The zero-order valence-electron chi connectivity index (χ0n) is 23.9. The summed E-state index contributed by atoms with van der Waals surface area (Å²) in [6.07, 6.45) is -2.81. The summed E-state index contributed by atoms with van der Waals surface area (Å²) >= 11 is 0. The molecule has 0 bridgehead atoms. The Labute approximate surface area is 231 Å². The van der Waals surface area contributed by atoms with Crippen molar-refractivity contribution in [2.45, 2.75) is 115 Å². The van der Waals surface area contributed by atoms with E-state index in [-0.39, 0.29) is 12.8 Å². The molecule has 11 atom stereocenters. The molecule has 5 aliphatic rings. The number of epoxide rings is 1. The van der Waals surface area contributed by atoms with Crippen LogP contribution in [-0.2, 0) is 52.4 Å². The van der Waals surface area contributed by atoms with Gasteiger partial charge in [-0.3, -0.25) is 19.2 Å². The molecule has 0 radical (unpaired) electrons. The molecule has 40 heavy (non-hydrogen) atoms. The van der Waals surface area contributed by atoms with E-state index in [1.54, 1.807) is 26.8 Å². The number of esters is 5. The minimum absolute atomic E-state index is 0.00273. The SMILES string of the molecule is CC(=O)O[C@H]1C/C(C)=C\[C@@H]2OC(=O)[C@@]3(C)O[C@]23[C@@]2(OC(C)=O)[C@H]3[C@@H](C)[C@@H](O)C[C@H](OC(C)=O)[C@]3(C)C12OC(C)=O. The molecule has 2 aliphatic heterocycles. The van der Waals surface area contributed by atoms with Gasteiger partial charge in [0, 0.05) is 46.5 Å². The summed E-state index contributed by atoms with van der Waals surface area (Å²) in [5, 5.41) is 11.3. The second-order valence-electron chi connectivity index (χ2n) is 12.2. The summed E-state index contributed by atoms with van der Waals surface area (Å²) in [5.41, 5.74) is -8.18. The van der Waals surface area contributed by atoms with E-state index in [9.17, 15) is 29.1 Å². The van der Waals surface area contributed by atoms with Crippen molar-refractivity contribution < 1.29 is 57.5 Å². The van der Waals surface area contributed by atoms with Gasteiger partial charge >= 0.3 is 29.8 Å². The molecule has 2 saturated heterocycles. The number of aliphatic hydroxyl groups is 1. The number of carbonyl (C=O) groups excluding carboxylic acids is 5. The molecule has 1 unspecified atom stereocenters. The molecule has 12 nitrogen and oxygen atoms in total. The molecule has 220 valence electrons. The molecule has 0 aromatic heterocycles. The largest absolute Gasteiger partial charge is 0.462 e. The molecule has 0 aromatic carbocycles. The summed E-state index contributed by atoms with van der Waals surface area (Å²) in [6.45, 7) is 11.4. The summed E-state index contributed by atoms with van der Waals surface area (Å²) in [4.78, 5) is 64.4. The van der Waals surface area contributed by atoms with Crippen LogP contribution < -0.4 is 0 Å². The van der Waals surface area contributed by atoms with E-state index >= 15 is 0 Å². The van der Waals surface area contributed by atoms with Crippen molar-refractivity contribution in [2.24, 2.45) is 17.3 Å². The Morgan fingerprint density at radius 1 is 0.925 bits per heavy atom. The molecule has 3 aliphatic carbocycles. The van der Waals surface area contributed by atoms with Gasteiger partial charge in [0.15, 0.2) is 17.3 Å². The lowest BCUT2D eigenvalue weighted by molar-refractivity contribution is -0.433. The fraction of sp³-hybridized carbons (Fsp3) is 0.750. The lowest BCUT2D eigenvalue weighted by Gasteiger charge is -2.78. The van der Waals surface area contributed by atoms with E-state index in [4.69, 9.17) is 28.4 Å². The second kappa shape index (κ2) is 8.51. The molecule has 1 N–H and O–H groups in total. The van der Waals surface area contributed by atoms with Crippen LogP contribution in [0.15, 0.2) is 11.6 Å². The lowest BCUT2D eigenvalue weighted by atomic mass is 9.30. The van der Waals surface area contributed by atoms with Gasteiger partial charge in [0.2, 0.25) is 11.2 Å². The fourth-order valence-corrected chi connectivity index (χ4v) is 8.86. The first-order chi connectivity index (χ1) is 18.5. The van der Waals surface area contributed by atoms with Crippen LogP contribution in [-0.4, -0.2) is 81.8 Å². The van der Waals surface area contributed by atoms with Crippen LogP contribution in [0.5, 0.6) is 0 Å². The molecule has 2 heterocycles. The van der Waals surface area contributed by atoms with Crippen molar-refractivity contribution in [3.05, 3.63) is 11.6 Å². The second-order valence-corrected chi connectivity index (χ2v) is 12.2. The molecule has 4 fully saturated rings. The Kier molecular flexibility index (Phi) is 6.07. The Balaban J connectivity index is 1.94. The van der Waals surface area contributed by atoms with E-state index in [1.165, 1.54) is 27.7 Å². The number of ether oxygens (including phenoxy) is 6. The first-order valence-corrected chi connectivity index (χ1v) is 13.5. The minimum Gasteiger partial charge on any atom is -0.462 e. The third-order valence-electron chi connectivity index (χ3n) is 9.92. The molecular weight excluding hydrogens is 528 g/mol. The van der Waals surface area contributed by atoms with Crippen LogP contribution in [0.3, 0.4) is 0 Å². The van der Waals surface area contributed by atoms with Gasteiger partial charge in [0.05, 0.1) is 11.5 Å². The highest BCUT2D eigenvalue weighted by molar-refractivity contribution is 5.90. The topological polar surface area (TPSA) is 164 Å². The molecule has 1 spiro atoms. The molecule has 0 amide bonds.